The highest BCUT2D eigenvalue weighted by atomic mass is 32.1. The number of benzene rings is 1. The van der Waals surface area contributed by atoms with Crippen LogP contribution in [0.2, 0.25) is 0 Å². The van der Waals surface area contributed by atoms with Crippen LogP contribution in [-0.2, 0) is 6.42 Å². The fourth-order valence-electron chi connectivity index (χ4n) is 1.42. The third-order valence-electron chi connectivity index (χ3n) is 2.36. The van der Waals surface area contributed by atoms with E-state index in [0.29, 0.717) is 0 Å². The van der Waals surface area contributed by atoms with Gasteiger partial charge in [0.15, 0.2) is 0 Å². The number of thiophene rings is 1. The lowest BCUT2D eigenvalue weighted by Gasteiger charge is -2.05. The van der Waals surface area contributed by atoms with E-state index in [9.17, 15) is 0 Å². The third-order valence-corrected chi connectivity index (χ3v) is 3.09. The Morgan fingerprint density at radius 2 is 2.00 bits per heavy atom. The number of rotatable bonds is 5. The molecule has 0 spiro atoms. The van der Waals surface area contributed by atoms with Crippen molar-refractivity contribution in [1.29, 1.82) is 0 Å². The zero-order chi connectivity index (χ0) is 11.2. The molecule has 1 aromatic heterocycles. The fraction of sp³-hybridized carbons (Fsp3) is 0.143. The van der Waals surface area contributed by atoms with E-state index in [-0.39, 0.29) is 0 Å². The Labute approximate surface area is 100 Å². The van der Waals surface area contributed by atoms with Crippen molar-refractivity contribution < 1.29 is 4.74 Å². The molecule has 2 rings (SSSR count). The van der Waals surface area contributed by atoms with Gasteiger partial charge in [-0.3, -0.25) is 0 Å². The van der Waals surface area contributed by atoms with Gasteiger partial charge in [0.1, 0.15) is 5.75 Å². The average Bonchev–Trinajstić information content (AvgIpc) is 2.83. The van der Waals surface area contributed by atoms with Gasteiger partial charge in [-0.15, -0.1) is 0 Å². The molecule has 0 N–H and O–H groups in total. The Bertz CT molecular complexity index is 428. The van der Waals surface area contributed by atoms with Crippen molar-refractivity contribution in [2.75, 3.05) is 6.61 Å². The Morgan fingerprint density at radius 1 is 1.19 bits per heavy atom. The van der Waals surface area contributed by atoms with Crippen LogP contribution in [0.15, 0.2) is 47.7 Å². The molecule has 1 aromatic carbocycles. The van der Waals surface area contributed by atoms with Crippen LogP contribution in [0.25, 0.3) is 6.08 Å². The summed E-state index contributed by atoms with van der Waals surface area (Å²) in [7, 11) is 0. The van der Waals surface area contributed by atoms with E-state index in [2.05, 4.69) is 23.4 Å². The largest absolute Gasteiger partial charge is 0.493 e. The van der Waals surface area contributed by atoms with Gasteiger partial charge in [-0.25, -0.2) is 0 Å². The quantitative estimate of drug-likeness (QED) is 0.754. The van der Waals surface area contributed by atoms with E-state index in [4.69, 9.17) is 4.74 Å². The van der Waals surface area contributed by atoms with Crippen molar-refractivity contribution in [1.82, 2.24) is 0 Å². The van der Waals surface area contributed by atoms with E-state index < -0.39 is 0 Å². The minimum Gasteiger partial charge on any atom is -0.493 e. The zero-order valence-electron chi connectivity index (χ0n) is 9.06. The summed E-state index contributed by atoms with van der Waals surface area (Å²) in [6, 6.07) is 10.1. The van der Waals surface area contributed by atoms with Crippen LogP contribution in [-0.4, -0.2) is 6.61 Å². The van der Waals surface area contributed by atoms with Gasteiger partial charge >= 0.3 is 0 Å². The van der Waals surface area contributed by atoms with Gasteiger partial charge < -0.3 is 4.74 Å². The van der Waals surface area contributed by atoms with E-state index in [1.54, 1.807) is 11.3 Å². The van der Waals surface area contributed by atoms with Crippen LogP contribution >= 0.6 is 11.3 Å². The molecule has 2 aromatic rings. The van der Waals surface area contributed by atoms with Crippen LogP contribution in [0, 0.1) is 0 Å². The molecule has 1 nitrogen and oxygen atoms in total. The summed E-state index contributed by atoms with van der Waals surface area (Å²) in [6.07, 6.45) is 2.79. The SMILES string of the molecule is C=Cc1ccc(OCCc2ccsc2)cc1. The van der Waals surface area contributed by atoms with Gasteiger partial charge in [0.25, 0.3) is 0 Å². The molecule has 0 atom stereocenters. The summed E-state index contributed by atoms with van der Waals surface area (Å²) in [4.78, 5) is 0. The fourth-order valence-corrected chi connectivity index (χ4v) is 2.12. The van der Waals surface area contributed by atoms with Gasteiger partial charge in [-0.05, 0) is 40.1 Å². The summed E-state index contributed by atoms with van der Waals surface area (Å²) in [5, 5.41) is 4.25. The standard InChI is InChI=1S/C14H14OS/c1-2-12-3-5-14(6-4-12)15-9-7-13-8-10-16-11-13/h2-6,8,10-11H,1,7,9H2. The topological polar surface area (TPSA) is 9.23 Å². The van der Waals surface area contributed by atoms with Crippen molar-refractivity contribution in [3.8, 4) is 5.75 Å². The van der Waals surface area contributed by atoms with Gasteiger partial charge in [-0.1, -0.05) is 24.8 Å². The Balaban J connectivity index is 1.83. The molecule has 0 saturated heterocycles. The molecule has 2 heteroatoms. The van der Waals surface area contributed by atoms with Crippen molar-refractivity contribution in [2.45, 2.75) is 6.42 Å². The molecule has 0 fully saturated rings. The molecule has 0 saturated carbocycles. The molecule has 0 radical (unpaired) electrons. The zero-order valence-corrected chi connectivity index (χ0v) is 9.87. The highest BCUT2D eigenvalue weighted by Gasteiger charge is 1.95. The molecule has 0 aliphatic rings. The summed E-state index contributed by atoms with van der Waals surface area (Å²) in [6.45, 7) is 4.44. The first-order valence-electron chi connectivity index (χ1n) is 5.25. The summed E-state index contributed by atoms with van der Waals surface area (Å²) >= 11 is 1.72. The predicted molar refractivity (Wildman–Crippen MR) is 70.1 cm³/mol. The predicted octanol–water partition coefficient (Wildman–Crippen LogP) is 4.01. The molecule has 1 heterocycles. The van der Waals surface area contributed by atoms with Gasteiger partial charge in [0.2, 0.25) is 0 Å². The van der Waals surface area contributed by atoms with E-state index in [1.807, 2.05) is 30.3 Å². The van der Waals surface area contributed by atoms with Crippen LogP contribution in [0.3, 0.4) is 0 Å². The first kappa shape index (κ1) is 11.0. The average molecular weight is 230 g/mol. The Kier molecular flexibility index (Phi) is 3.78. The smallest absolute Gasteiger partial charge is 0.119 e. The molecule has 0 bridgehead atoms. The maximum absolute atomic E-state index is 5.65. The van der Waals surface area contributed by atoms with Crippen molar-refractivity contribution >= 4 is 17.4 Å². The second-order valence-corrected chi connectivity index (χ2v) is 4.28. The van der Waals surface area contributed by atoms with E-state index in [0.717, 1.165) is 24.3 Å². The Morgan fingerprint density at radius 3 is 2.62 bits per heavy atom. The molecule has 0 aliphatic heterocycles. The highest BCUT2D eigenvalue weighted by molar-refractivity contribution is 7.07. The molecular formula is C14H14OS. The van der Waals surface area contributed by atoms with Crippen molar-refractivity contribution in [3.63, 3.8) is 0 Å². The molecule has 0 aliphatic carbocycles. The molecule has 16 heavy (non-hydrogen) atoms. The maximum Gasteiger partial charge on any atom is 0.119 e. The summed E-state index contributed by atoms with van der Waals surface area (Å²) in [5.41, 5.74) is 2.46. The lowest BCUT2D eigenvalue weighted by atomic mass is 10.2. The summed E-state index contributed by atoms with van der Waals surface area (Å²) in [5.74, 6) is 0.917. The minimum absolute atomic E-state index is 0.726. The van der Waals surface area contributed by atoms with Gasteiger partial charge in [0, 0.05) is 6.42 Å². The van der Waals surface area contributed by atoms with Gasteiger partial charge in [0.05, 0.1) is 6.61 Å². The normalized spacial score (nSPS) is 10.0. The summed E-state index contributed by atoms with van der Waals surface area (Å²) < 4.78 is 5.65. The second kappa shape index (κ2) is 5.52. The maximum atomic E-state index is 5.65. The molecule has 0 unspecified atom stereocenters. The first-order valence-corrected chi connectivity index (χ1v) is 6.19. The van der Waals surface area contributed by atoms with Crippen molar-refractivity contribution in [3.05, 3.63) is 58.8 Å². The minimum atomic E-state index is 0.726. The van der Waals surface area contributed by atoms with E-state index >= 15 is 0 Å². The van der Waals surface area contributed by atoms with Gasteiger partial charge in [-0.2, -0.15) is 11.3 Å². The van der Waals surface area contributed by atoms with Crippen LogP contribution in [0.5, 0.6) is 5.75 Å². The van der Waals surface area contributed by atoms with Crippen molar-refractivity contribution in [2.24, 2.45) is 0 Å². The van der Waals surface area contributed by atoms with Crippen LogP contribution in [0.4, 0.5) is 0 Å². The monoisotopic (exact) mass is 230 g/mol. The molecule has 0 amide bonds. The second-order valence-electron chi connectivity index (χ2n) is 3.50. The van der Waals surface area contributed by atoms with Crippen LogP contribution < -0.4 is 4.74 Å². The number of hydrogen-bond donors (Lipinski definition) is 0. The third kappa shape index (κ3) is 2.97. The number of hydrogen-bond acceptors (Lipinski definition) is 2. The van der Waals surface area contributed by atoms with E-state index in [1.165, 1.54) is 5.56 Å². The molecular weight excluding hydrogens is 216 g/mol. The van der Waals surface area contributed by atoms with Crippen LogP contribution in [0.1, 0.15) is 11.1 Å². The lowest BCUT2D eigenvalue weighted by Crippen LogP contribution is -2.00. The number of ether oxygens (including phenoxy) is 1. The lowest BCUT2D eigenvalue weighted by molar-refractivity contribution is 0.322. The molecule has 82 valence electrons. The Hall–Kier alpha value is -1.54. The highest BCUT2D eigenvalue weighted by Crippen LogP contribution is 2.13. The first-order chi connectivity index (χ1) is 7.88.